The highest BCUT2D eigenvalue weighted by Gasteiger charge is 2.08. The monoisotopic (exact) mass is 224 g/mol. The van der Waals surface area contributed by atoms with Crippen molar-refractivity contribution in [2.45, 2.75) is 24.6 Å². The van der Waals surface area contributed by atoms with Crippen LogP contribution in [0.2, 0.25) is 0 Å². The van der Waals surface area contributed by atoms with Gasteiger partial charge in [0.2, 0.25) is 0 Å². The zero-order chi connectivity index (χ0) is 11.1. The molecule has 2 atom stereocenters. The minimum atomic E-state index is 0.136. The Labute approximate surface area is 96.4 Å². The lowest BCUT2D eigenvalue weighted by Gasteiger charge is -2.15. The van der Waals surface area contributed by atoms with Gasteiger partial charge in [0, 0.05) is 17.0 Å². The van der Waals surface area contributed by atoms with Gasteiger partial charge in [-0.25, -0.2) is 0 Å². The van der Waals surface area contributed by atoms with Gasteiger partial charge in [-0.1, -0.05) is 37.3 Å². The lowest BCUT2D eigenvalue weighted by atomic mass is 10.1. The van der Waals surface area contributed by atoms with Crippen LogP contribution >= 0.6 is 11.8 Å². The lowest BCUT2D eigenvalue weighted by molar-refractivity contribution is 0.800. The Hall–Kier alpha value is -0.510. The third-order valence-corrected chi connectivity index (χ3v) is 3.72. The van der Waals surface area contributed by atoms with Gasteiger partial charge in [-0.3, -0.25) is 0 Å². The molecule has 0 radical (unpaired) electrons. The van der Waals surface area contributed by atoms with Crippen molar-refractivity contribution in [1.82, 2.24) is 0 Å². The van der Waals surface area contributed by atoms with Crippen LogP contribution in [-0.4, -0.2) is 17.5 Å². The van der Waals surface area contributed by atoms with Gasteiger partial charge < -0.3 is 11.5 Å². The fourth-order valence-electron chi connectivity index (χ4n) is 1.38. The summed E-state index contributed by atoms with van der Waals surface area (Å²) in [6.45, 7) is 2.96. The summed E-state index contributed by atoms with van der Waals surface area (Å²) >= 11 is 1.90. The van der Waals surface area contributed by atoms with Gasteiger partial charge in [0.25, 0.3) is 0 Å². The number of rotatable bonds is 6. The minimum Gasteiger partial charge on any atom is -0.330 e. The van der Waals surface area contributed by atoms with E-state index in [1.54, 1.807) is 0 Å². The predicted molar refractivity (Wildman–Crippen MR) is 69.0 cm³/mol. The smallest absolute Gasteiger partial charge is 0.0386 e. The zero-order valence-electron chi connectivity index (χ0n) is 9.23. The highest BCUT2D eigenvalue weighted by atomic mass is 32.2. The molecule has 0 aliphatic heterocycles. The van der Waals surface area contributed by atoms with Gasteiger partial charge in [0.1, 0.15) is 0 Å². The summed E-state index contributed by atoms with van der Waals surface area (Å²) in [6, 6.07) is 10.4. The molecule has 1 rings (SSSR count). The Bertz CT molecular complexity index is 264. The molecule has 2 unspecified atom stereocenters. The van der Waals surface area contributed by atoms with E-state index >= 15 is 0 Å². The molecule has 0 spiro atoms. The molecule has 0 amide bonds. The summed E-state index contributed by atoms with van der Waals surface area (Å²) in [5.41, 5.74) is 12.8. The van der Waals surface area contributed by atoms with Gasteiger partial charge in [-0.05, 0) is 18.5 Å². The first-order chi connectivity index (χ1) is 7.24. The van der Waals surface area contributed by atoms with E-state index in [4.69, 9.17) is 11.5 Å². The van der Waals surface area contributed by atoms with Crippen molar-refractivity contribution in [3.05, 3.63) is 35.9 Å². The normalized spacial score (nSPS) is 14.9. The largest absolute Gasteiger partial charge is 0.330 e. The highest BCUT2D eigenvalue weighted by molar-refractivity contribution is 7.99. The molecule has 84 valence electrons. The first-order valence-electron chi connectivity index (χ1n) is 5.36. The molecule has 1 aromatic carbocycles. The SMILES string of the molecule is CC(CCN)SCC(N)c1ccccc1. The van der Waals surface area contributed by atoms with Gasteiger partial charge in [0.15, 0.2) is 0 Å². The first kappa shape index (κ1) is 12.6. The topological polar surface area (TPSA) is 52.0 Å². The fraction of sp³-hybridized carbons (Fsp3) is 0.500. The van der Waals surface area contributed by atoms with Crippen LogP contribution in [0.1, 0.15) is 24.9 Å². The number of hydrogen-bond donors (Lipinski definition) is 2. The van der Waals surface area contributed by atoms with Crippen LogP contribution in [0.4, 0.5) is 0 Å². The first-order valence-corrected chi connectivity index (χ1v) is 6.41. The molecule has 0 aliphatic rings. The molecule has 0 aromatic heterocycles. The summed E-state index contributed by atoms with van der Waals surface area (Å²) in [5.74, 6) is 0.963. The van der Waals surface area contributed by atoms with Crippen molar-refractivity contribution in [3.8, 4) is 0 Å². The Morgan fingerprint density at radius 2 is 1.93 bits per heavy atom. The van der Waals surface area contributed by atoms with E-state index in [9.17, 15) is 0 Å². The molecular formula is C12H20N2S. The molecule has 3 heteroatoms. The average molecular weight is 224 g/mol. The molecule has 0 heterocycles. The highest BCUT2D eigenvalue weighted by Crippen LogP contribution is 2.20. The lowest BCUT2D eigenvalue weighted by Crippen LogP contribution is -2.15. The average Bonchev–Trinajstić information content (AvgIpc) is 2.27. The zero-order valence-corrected chi connectivity index (χ0v) is 10.0. The van der Waals surface area contributed by atoms with Crippen molar-refractivity contribution in [2.24, 2.45) is 11.5 Å². The van der Waals surface area contributed by atoms with Crippen molar-refractivity contribution >= 4 is 11.8 Å². The summed E-state index contributed by atoms with van der Waals surface area (Å²) in [4.78, 5) is 0. The maximum atomic E-state index is 6.09. The summed E-state index contributed by atoms with van der Waals surface area (Å²) in [7, 11) is 0. The molecule has 15 heavy (non-hydrogen) atoms. The Kier molecular flexibility index (Phi) is 5.76. The number of thioether (sulfide) groups is 1. The quantitative estimate of drug-likeness (QED) is 0.778. The number of hydrogen-bond acceptors (Lipinski definition) is 3. The van der Waals surface area contributed by atoms with E-state index in [2.05, 4.69) is 19.1 Å². The Morgan fingerprint density at radius 3 is 2.53 bits per heavy atom. The molecule has 1 aromatic rings. The third-order valence-electron chi connectivity index (χ3n) is 2.36. The van der Waals surface area contributed by atoms with Crippen LogP contribution in [-0.2, 0) is 0 Å². The molecule has 0 fully saturated rings. The number of benzene rings is 1. The van der Waals surface area contributed by atoms with E-state index in [0.29, 0.717) is 5.25 Å². The fourth-order valence-corrected chi connectivity index (χ4v) is 2.41. The Morgan fingerprint density at radius 1 is 1.27 bits per heavy atom. The maximum absolute atomic E-state index is 6.09. The standard InChI is InChI=1S/C12H20N2S/c1-10(7-8-13)15-9-12(14)11-5-3-2-4-6-11/h2-6,10,12H,7-9,13-14H2,1H3. The second-order valence-electron chi connectivity index (χ2n) is 3.74. The molecule has 0 bridgehead atoms. The van der Waals surface area contributed by atoms with Crippen LogP contribution in [0.25, 0.3) is 0 Å². The second kappa shape index (κ2) is 6.88. The molecule has 2 nitrogen and oxygen atoms in total. The Balaban J connectivity index is 2.33. The van der Waals surface area contributed by atoms with Crippen LogP contribution in [0, 0.1) is 0 Å². The maximum Gasteiger partial charge on any atom is 0.0386 e. The van der Waals surface area contributed by atoms with E-state index in [1.807, 2.05) is 30.0 Å². The third kappa shape index (κ3) is 4.69. The molecular weight excluding hydrogens is 204 g/mol. The summed E-state index contributed by atoms with van der Waals surface area (Å²) < 4.78 is 0. The summed E-state index contributed by atoms with van der Waals surface area (Å²) in [5, 5.41) is 0.602. The molecule has 4 N–H and O–H groups in total. The van der Waals surface area contributed by atoms with E-state index < -0.39 is 0 Å². The van der Waals surface area contributed by atoms with Crippen LogP contribution in [0.3, 0.4) is 0 Å². The van der Waals surface area contributed by atoms with E-state index in [1.165, 1.54) is 5.56 Å². The van der Waals surface area contributed by atoms with Crippen molar-refractivity contribution in [3.63, 3.8) is 0 Å². The van der Waals surface area contributed by atoms with Crippen LogP contribution in [0.5, 0.6) is 0 Å². The summed E-state index contributed by atoms with van der Waals surface area (Å²) in [6.07, 6.45) is 1.06. The van der Waals surface area contributed by atoms with E-state index in [0.717, 1.165) is 18.7 Å². The molecule has 0 saturated heterocycles. The minimum absolute atomic E-state index is 0.136. The van der Waals surface area contributed by atoms with Gasteiger partial charge in [-0.2, -0.15) is 11.8 Å². The number of nitrogens with two attached hydrogens (primary N) is 2. The second-order valence-corrected chi connectivity index (χ2v) is 5.21. The van der Waals surface area contributed by atoms with Crippen molar-refractivity contribution in [2.75, 3.05) is 12.3 Å². The van der Waals surface area contributed by atoms with Gasteiger partial charge in [-0.15, -0.1) is 0 Å². The van der Waals surface area contributed by atoms with Crippen molar-refractivity contribution < 1.29 is 0 Å². The van der Waals surface area contributed by atoms with Gasteiger partial charge >= 0.3 is 0 Å². The van der Waals surface area contributed by atoms with Crippen LogP contribution in [0.15, 0.2) is 30.3 Å². The molecule has 0 saturated carbocycles. The van der Waals surface area contributed by atoms with Gasteiger partial charge in [0.05, 0.1) is 0 Å². The van der Waals surface area contributed by atoms with Crippen LogP contribution < -0.4 is 11.5 Å². The van der Waals surface area contributed by atoms with Crippen molar-refractivity contribution in [1.29, 1.82) is 0 Å². The van der Waals surface area contributed by atoms with E-state index in [-0.39, 0.29) is 6.04 Å². The molecule has 0 aliphatic carbocycles. The predicted octanol–water partition coefficient (Wildman–Crippen LogP) is 2.16.